The molecular weight excluding hydrogens is 460 g/mol. The van der Waals surface area contributed by atoms with Crippen LogP contribution >= 0.6 is 0 Å². The molecule has 0 radical (unpaired) electrons. The van der Waals surface area contributed by atoms with Gasteiger partial charge >= 0.3 is 6.18 Å². The fourth-order valence-electron chi connectivity index (χ4n) is 4.58. The summed E-state index contributed by atoms with van der Waals surface area (Å²) in [6, 6.07) is 11.2. The summed E-state index contributed by atoms with van der Waals surface area (Å²) in [7, 11) is 0. The van der Waals surface area contributed by atoms with Gasteiger partial charge in [-0.05, 0) is 49.1 Å². The minimum Gasteiger partial charge on any atom is -0.438 e. The summed E-state index contributed by atoms with van der Waals surface area (Å²) in [6.07, 6.45) is -0.329. The first-order valence-electron chi connectivity index (χ1n) is 11.8. The third kappa shape index (κ3) is 5.56. The number of hydrogen-bond donors (Lipinski definition) is 0. The average Bonchev–Trinajstić information content (AvgIpc) is 2.84. The summed E-state index contributed by atoms with van der Waals surface area (Å²) in [5.41, 5.74) is 1.86. The van der Waals surface area contributed by atoms with Crippen molar-refractivity contribution in [2.24, 2.45) is 0 Å². The van der Waals surface area contributed by atoms with E-state index in [-0.39, 0.29) is 0 Å². The van der Waals surface area contributed by atoms with Crippen LogP contribution < -0.4 is 9.64 Å². The molecule has 0 atom stereocenters. The fraction of sp³-hybridized carbons (Fsp3) is 0.385. The van der Waals surface area contributed by atoms with Gasteiger partial charge < -0.3 is 9.64 Å². The van der Waals surface area contributed by atoms with Crippen molar-refractivity contribution in [3.8, 4) is 11.6 Å². The predicted molar refractivity (Wildman–Crippen MR) is 124 cm³/mol. The number of hydrogen-bond acceptors (Lipinski definition) is 5. The monoisotopic (exact) mass is 486 g/mol. The molecule has 5 nitrogen and oxygen atoms in total. The summed E-state index contributed by atoms with van der Waals surface area (Å²) in [4.78, 5) is 13.9. The first-order chi connectivity index (χ1) is 16.8. The molecule has 2 aliphatic heterocycles. The Morgan fingerprint density at radius 3 is 2.40 bits per heavy atom. The van der Waals surface area contributed by atoms with Crippen molar-refractivity contribution in [3.63, 3.8) is 0 Å². The van der Waals surface area contributed by atoms with Crippen LogP contribution in [-0.4, -0.2) is 34.5 Å². The Balaban J connectivity index is 1.40. The van der Waals surface area contributed by atoms with E-state index < -0.39 is 17.6 Å². The van der Waals surface area contributed by atoms with Gasteiger partial charge in [-0.25, -0.2) is 9.37 Å². The van der Waals surface area contributed by atoms with E-state index in [0.29, 0.717) is 43.6 Å². The zero-order valence-electron chi connectivity index (χ0n) is 19.2. The van der Waals surface area contributed by atoms with Gasteiger partial charge in [0.2, 0.25) is 11.8 Å². The van der Waals surface area contributed by atoms with Crippen LogP contribution in [0.4, 0.5) is 23.5 Å². The van der Waals surface area contributed by atoms with Crippen molar-refractivity contribution in [2.75, 3.05) is 24.5 Å². The Morgan fingerprint density at radius 1 is 0.914 bits per heavy atom. The highest BCUT2D eigenvalue weighted by molar-refractivity contribution is 5.44. The van der Waals surface area contributed by atoms with Gasteiger partial charge in [0.1, 0.15) is 11.6 Å². The van der Waals surface area contributed by atoms with E-state index in [4.69, 9.17) is 14.7 Å². The lowest BCUT2D eigenvalue weighted by atomic mass is 10.0. The minimum absolute atomic E-state index is 0.357. The summed E-state index contributed by atoms with van der Waals surface area (Å²) in [5, 5.41) is 0. The summed E-state index contributed by atoms with van der Waals surface area (Å²) in [5.74, 6) is 0.991. The zero-order chi connectivity index (χ0) is 24.4. The van der Waals surface area contributed by atoms with Crippen LogP contribution in [0.5, 0.6) is 11.6 Å². The summed E-state index contributed by atoms with van der Waals surface area (Å²) < 4.78 is 58.5. The molecular formula is C26H26F4N4O. The number of benzene rings is 2. The molecule has 2 aliphatic rings. The fourth-order valence-corrected chi connectivity index (χ4v) is 4.58. The SMILES string of the molecule is Fc1cccc(Oc2nc(N3CCCCC3)nc3c2CN(Cc2ccc(C(F)(F)F)cc2)CC3)c1. The number of rotatable bonds is 5. The molecule has 35 heavy (non-hydrogen) atoms. The molecule has 0 unspecified atom stereocenters. The average molecular weight is 487 g/mol. The lowest BCUT2D eigenvalue weighted by Crippen LogP contribution is -2.34. The Bertz CT molecular complexity index is 1180. The Labute approximate surface area is 201 Å². The molecule has 184 valence electrons. The van der Waals surface area contributed by atoms with Crippen LogP contribution in [0.3, 0.4) is 0 Å². The molecule has 5 rings (SSSR count). The molecule has 9 heteroatoms. The lowest BCUT2D eigenvalue weighted by Gasteiger charge is -2.32. The maximum atomic E-state index is 13.8. The number of halogens is 4. The molecule has 1 saturated heterocycles. The number of aromatic nitrogens is 2. The number of alkyl halides is 3. The van der Waals surface area contributed by atoms with Crippen LogP contribution in [0.25, 0.3) is 0 Å². The van der Waals surface area contributed by atoms with Gasteiger partial charge in [0.15, 0.2) is 0 Å². The molecule has 1 fully saturated rings. The molecule has 0 spiro atoms. The van der Waals surface area contributed by atoms with E-state index in [1.165, 1.54) is 30.7 Å². The van der Waals surface area contributed by atoms with Crippen LogP contribution in [0.15, 0.2) is 48.5 Å². The molecule has 3 aromatic rings. The van der Waals surface area contributed by atoms with E-state index in [2.05, 4.69) is 9.80 Å². The van der Waals surface area contributed by atoms with Crippen LogP contribution in [0.2, 0.25) is 0 Å². The topological polar surface area (TPSA) is 41.5 Å². The van der Waals surface area contributed by atoms with Gasteiger partial charge in [0.25, 0.3) is 0 Å². The standard InChI is InChI=1S/C26H26F4N4O/c27-20-5-4-6-21(15-20)35-24-22-17-33(16-18-7-9-19(10-8-18)26(28,29)30)14-11-23(22)31-25(32-24)34-12-2-1-3-13-34/h4-10,15H,1-3,11-14,16-17H2. The summed E-state index contributed by atoms with van der Waals surface area (Å²) >= 11 is 0. The first kappa shape index (κ1) is 23.5. The van der Waals surface area contributed by atoms with E-state index in [1.807, 2.05) is 0 Å². The molecule has 0 saturated carbocycles. The molecule has 0 bridgehead atoms. The smallest absolute Gasteiger partial charge is 0.416 e. The second-order valence-electron chi connectivity index (χ2n) is 9.02. The highest BCUT2D eigenvalue weighted by Crippen LogP contribution is 2.33. The Kier molecular flexibility index (Phi) is 6.60. The Hall–Kier alpha value is -3.20. The third-order valence-corrected chi connectivity index (χ3v) is 6.43. The minimum atomic E-state index is -4.35. The number of fused-ring (bicyclic) bond motifs is 1. The molecule has 0 amide bonds. The lowest BCUT2D eigenvalue weighted by molar-refractivity contribution is -0.137. The number of nitrogens with zero attached hydrogens (tertiary/aromatic N) is 4. The summed E-state index contributed by atoms with van der Waals surface area (Å²) in [6.45, 7) is 3.46. The van der Waals surface area contributed by atoms with Crippen molar-refractivity contribution in [2.45, 2.75) is 44.9 Å². The van der Waals surface area contributed by atoms with Gasteiger partial charge in [-0.2, -0.15) is 18.2 Å². The van der Waals surface area contributed by atoms with E-state index in [1.54, 1.807) is 12.1 Å². The molecule has 2 aromatic carbocycles. The van der Waals surface area contributed by atoms with Gasteiger partial charge in [0, 0.05) is 45.2 Å². The number of ether oxygens (including phenoxy) is 1. The van der Waals surface area contributed by atoms with Crippen molar-refractivity contribution in [1.29, 1.82) is 0 Å². The van der Waals surface area contributed by atoms with Crippen LogP contribution in [0, 0.1) is 5.82 Å². The van der Waals surface area contributed by atoms with Gasteiger partial charge in [-0.15, -0.1) is 0 Å². The van der Waals surface area contributed by atoms with Gasteiger partial charge in [-0.1, -0.05) is 18.2 Å². The van der Waals surface area contributed by atoms with Crippen molar-refractivity contribution in [1.82, 2.24) is 14.9 Å². The van der Waals surface area contributed by atoms with Crippen molar-refractivity contribution >= 4 is 5.95 Å². The highest BCUT2D eigenvalue weighted by atomic mass is 19.4. The quantitative estimate of drug-likeness (QED) is 0.416. The maximum Gasteiger partial charge on any atom is 0.416 e. The highest BCUT2D eigenvalue weighted by Gasteiger charge is 2.30. The molecule has 0 N–H and O–H groups in total. The number of piperidine rings is 1. The third-order valence-electron chi connectivity index (χ3n) is 6.43. The molecule has 0 aliphatic carbocycles. The van der Waals surface area contributed by atoms with E-state index >= 15 is 0 Å². The van der Waals surface area contributed by atoms with E-state index in [9.17, 15) is 17.6 Å². The molecule has 1 aromatic heterocycles. The number of anilines is 1. The van der Waals surface area contributed by atoms with Crippen LogP contribution in [-0.2, 0) is 25.7 Å². The van der Waals surface area contributed by atoms with Crippen LogP contribution in [0.1, 0.15) is 41.6 Å². The molecule has 3 heterocycles. The van der Waals surface area contributed by atoms with Crippen molar-refractivity contribution in [3.05, 3.63) is 76.7 Å². The zero-order valence-corrected chi connectivity index (χ0v) is 19.2. The maximum absolute atomic E-state index is 13.8. The van der Waals surface area contributed by atoms with Gasteiger partial charge in [0.05, 0.1) is 16.8 Å². The predicted octanol–water partition coefficient (Wildman–Crippen LogP) is 5.98. The van der Waals surface area contributed by atoms with Crippen molar-refractivity contribution < 1.29 is 22.3 Å². The second-order valence-corrected chi connectivity index (χ2v) is 9.02. The van der Waals surface area contributed by atoms with Gasteiger partial charge in [-0.3, -0.25) is 4.90 Å². The first-order valence-corrected chi connectivity index (χ1v) is 11.8. The normalized spacial score (nSPS) is 16.7. The Morgan fingerprint density at radius 2 is 1.69 bits per heavy atom. The largest absolute Gasteiger partial charge is 0.438 e. The van der Waals surface area contributed by atoms with E-state index in [0.717, 1.165) is 54.9 Å². The second kappa shape index (κ2) is 9.81.